The van der Waals surface area contributed by atoms with E-state index in [1.807, 2.05) is 36.6 Å². The monoisotopic (exact) mass is 472 g/mol. The Hall–Kier alpha value is -3.78. The van der Waals surface area contributed by atoms with Gasteiger partial charge in [-0.2, -0.15) is 0 Å². The maximum Gasteiger partial charge on any atom is 0.267 e. The van der Waals surface area contributed by atoms with E-state index in [1.165, 1.54) is 11.3 Å². The van der Waals surface area contributed by atoms with E-state index in [2.05, 4.69) is 20.9 Å². The van der Waals surface area contributed by atoms with Crippen molar-refractivity contribution in [3.8, 4) is 11.1 Å². The third-order valence-electron chi connectivity index (χ3n) is 6.23. The number of carbonyl (C=O) groups excluding carboxylic acids is 1. The van der Waals surface area contributed by atoms with Crippen molar-refractivity contribution in [1.82, 2.24) is 4.98 Å². The zero-order valence-electron chi connectivity index (χ0n) is 18.7. The van der Waals surface area contributed by atoms with Gasteiger partial charge in [0, 0.05) is 30.7 Å². The predicted octanol–water partition coefficient (Wildman–Crippen LogP) is 4.54. The molecule has 0 bridgehead atoms. The second-order valence-corrected chi connectivity index (χ2v) is 9.45. The number of aromatic nitrogens is 1. The molecule has 4 aromatic rings. The first kappa shape index (κ1) is 22.0. The third kappa shape index (κ3) is 4.24. The Morgan fingerprint density at radius 1 is 1.09 bits per heavy atom. The summed E-state index contributed by atoms with van der Waals surface area (Å²) in [7, 11) is 0. The van der Waals surface area contributed by atoms with Crippen molar-refractivity contribution in [2.24, 2.45) is 0 Å². The standard InChI is InChI=1S/C26H24N4O3S/c1-15-5-6-18(13-19(15)21-22(24(32)23(21)31)29-17-3-2-4-17)30-26(33)25-20(9-12-34-25)28-14-16-7-10-27-11-8-16/h5-13,17,28-29H,2-4,14H2,1H3,(H,30,33). The topological polar surface area (TPSA) is 100 Å². The summed E-state index contributed by atoms with van der Waals surface area (Å²) in [4.78, 5) is 42.2. The van der Waals surface area contributed by atoms with Crippen LogP contribution in [-0.2, 0) is 6.54 Å². The summed E-state index contributed by atoms with van der Waals surface area (Å²) in [5.41, 5.74) is 3.82. The van der Waals surface area contributed by atoms with Crippen LogP contribution in [0.1, 0.15) is 40.1 Å². The molecule has 2 aromatic heterocycles. The van der Waals surface area contributed by atoms with E-state index in [4.69, 9.17) is 0 Å². The molecule has 3 N–H and O–H groups in total. The van der Waals surface area contributed by atoms with E-state index in [-0.39, 0.29) is 11.9 Å². The first-order valence-electron chi connectivity index (χ1n) is 11.2. The van der Waals surface area contributed by atoms with Crippen LogP contribution in [0.3, 0.4) is 0 Å². The number of aryl methyl sites for hydroxylation is 1. The molecule has 2 aromatic carbocycles. The Kier molecular flexibility index (Phi) is 5.98. The second-order valence-electron chi connectivity index (χ2n) is 8.54. The normalized spacial score (nSPS) is 13.4. The van der Waals surface area contributed by atoms with Crippen LogP contribution >= 0.6 is 11.3 Å². The molecule has 7 nitrogen and oxygen atoms in total. The van der Waals surface area contributed by atoms with Gasteiger partial charge in [0.1, 0.15) is 4.88 Å². The van der Waals surface area contributed by atoms with Crippen LogP contribution in [0.5, 0.6) is 0 Å². The van der Waals surface area contributed by atoms with Gasteiger partial charge < -0.3 is 16.0 Å². The molecule has 172 valence electrons. The van der Waals surface area contributed by atoms with Crippen LogP contribution < -0.4 is 26.8 Å². The minimum atomic E-state index is -0.478. The number of anilines is 3. The highest BCUT2D eigenvalue weighted by Crippen LogP contribution is 2.32. The molecule has 0 unspecified atom stereocenters. The third-order valence-corrected chi connectivity index (χ3v) is 7.15. The number of benzene rings is 1. The Morgan fingerprint density at radius 3 is 2.62 bits per heavy atom. The van der Waals surface area contributed by atoms with E-state index in [1.54, 1.807) is 24.5 Å². The SMILES string of the molecule is Cc1ccc(NC(=O)c2sccc2NCc2ccncc2)cc1-c1c(NC2CCC2)c(=O)c1=O. The lowest BCUT2D eigenvalue weighted by Gasteiger charge is -2.29. The van der Waals surface area contributed by atoms with Crippen LogP contribution in [0.25, 0.3) is 11.1 Å². The van der Waals surface area contributed by atoms with Gasteiger partial charge in [-0.05, 0) is 78.6 Å². The van der Waals surface area contributed by atoms with Crippen molar-refractivity contribution in [3.05, 3.63) is 90.6 Å². The van der Waals surface area contributed by atoms with Gasteiger partial charge in [-0.3, -0.25) is 19.4 Å². The number of nitrogens with one attached hydrogen (secondary N) is 3. The quantitative estimate of drug-likeness (QED) is 0.326. The Morgan fingerprint density at radius 2 is 1.88 bits per heavy atom. The predicted molar refractivity (Wildman–Crippen MR) is 137 cm³/mol. The van der Waals surface area contributed by atoms with E-state index in [0.717, 1.165) is 36.1 Å². The van der Waals surface area contributed by atoms with Gasteiger partial charge in [-0.1, -0.05) is 6.07 Å². The molecule has 0 aliphatic heterocycles. The van der Waals surface area contributed by atoms with Gasteiger partial charge >= 0.3 is 0 Å². The van der Waals surface area contributed by atoms with Gasteiger partial charge in [0.05, 0.1) is 16.9 Å². The van der Waals surface area contributed by atoms with Crippen LogP contribution in [-0.4, -0.2) is 16.9 Å². The summed E-state index contributed by atoms with van der Waals surface area (Å²) in [6, 6.07) is 11.4. The lowest BCUT2D eigenvalue weighted by atomic mass is 9.90. The first-order valence-corrected chi connectivity index (χ1v) is 12.1. The lowest BCUT2D eigenvalue weighted by Crippen LogP contribution is -2.40. The summed E-state index contributed by atoms with van der Waals surface area (Å²) in [5, 5.41) is 11.3. The molecule has 1 aliphatic rings. The van der Waals surface area contributed by atoms with Gasteiger partial charge in [-0.25, -0.2) is 0 Å². The molecular formula is C26H24N4O3S. The van der Waals surface area contributed by atoms with E-state index >= 15 is 0 Å². The molecule has 0 spiro atoms. The Balaban J connectivity index is 1.34. The highest BCUT2D eigenvalue weighted by Gasteiger charge is 2.27. The highest BCUT2D eigenvalue weighted by molar-refractivity contribution is 7.12. The summed E-state index contributed by atoms with van der Waals surface area (Å²) in [6.07, 6.45) is 6.61. The maximum absolute atomic E-state index is 13.0. The van der Waals surface area contributed by atoms with E-state index in [0.29, 0.717) is 33.9 Å². The van der Waals surface area contributed by atoms with Gasteiger partial charge in [0.25, 0.3) is 5.91 Å². The van der Waals surface area contributed by atoms with Crippen molar-refractivity contribution >= 4 is 34.3 Å². The van der Waals surface area contributed by atoms with Crippen molar-refractivity contribution < 1.29 is 4.79 Å². The Bertz CT molecular complexity index is 1420. The zero-order valence-corrected chi connectivity index (χ0v) is 19.5. The number of thiophene rings is 1. The number of pyridine rings is 1. The number of carbonyl (C=O) groups is 1. The minimum absolute atomic E-state index is 0.236. The lowest BCUT2D eigenvalue weighted by molar-refractivity contribution is 0.103. The maximum atomic E-state index is 13.0. The number of nitrogens with zero attached hydrogens (tertiary/aromatic N) is 1. The van der Waals surface area contributed by atoms with Gasteiger partial charge in [0.15, 0.2) is 0 Å². The molecule has 0 saturated heterocycles. The first-order chi connectivity index (χ1) is 16.5. The molecule has 5 rings (SSSR count). The minimum Gasteiger partial charge on any atom is -0.380 e. The fourth-order valence-electron chi connectivity index (χ4n) is 4.02. The molecule has 0 atom stereocenters. The number of amides is 1. The number of rotatable bonds is 8. The van der Waals surface area contributed by atoms with Crippen LogP contribution in [0, 0.1) is 6.92 Å². The fraction of sp³-hybridized carbons (Fsp3) is 0.231. The molecule has 0 radical (unpaired) electrons. The average molecular weight is 473 g/mol. The second kappa shape index (κ2) is 9.23. The summed E-state index contributed by atoms with van der Waals surface area (Å²) < 4.78 is 0. The fourth-order valence-corrected chi connectivity index (χ4v) is 4.79. The zero-order chi connectivity index (χ0) is 23.7. The van der Waals surface area contributed by atoms with E-state index < -0.39 is 10.9 Å². The molecule has 34 heavy (non-hydrogen) atoms. The molecule has 1 aliphatic carbocycles. The van der Waals surface area contributed by atoms with Crippen LogP contribution in [0.15, 0.2) is 63.8 Å². The summed E-state index contributed by atoms with van der Waals surface area (Å²) in [5.74, 6) is -0.236. The molecule has 1 amide bonds. The van der Waals surface area contributed by atoms with Crippen LogP contribution in [0.2, 0.25) is 0 Å². The van der Waals surface area contributed by atoms with Crippen LogP contribution in [0.4, 0.5) is 17.1 Å². The average Bonchev–Trinajstić information content (AvgIpc) is 3.30. The molecule has 1 saturated carbocycles. The van der Waals surface area contributed by atoms with Crippen molar-refractivity contribution in [1.29, 1.82) is 0 Å². The van der Waals surface area contributed by atoms with Crippen molar-refractivity contribution in [3.63, 3.8) is 0 Å². The summed E-state index contributed by atoms with van der Waals surface area (Å²) in [6.45, 7) is 2.47. The number of hydrogen-bond acceptors (Lipinski definition) is 7. The van der Waals surface area contributed by atoms with E-state index in [9.17, 15) is 14.4 Å². The molecule has 8 heteroatoms. The molecular weight excluding hydrogens is 448 g/mol. The van der Waals surface area contributed by atoms with Gasteiger partial charge in [0.2, 0.25) is 10.9 Å². The Labute approximate surface area is 200 Å². The summed E-state index contributed by atoms with van der Waals surface area (Å²) >= 11 is 1.35. The largest absolute Gasteiger partial charge is 0.380 e. The smallest absolute Gasteiger partial charge is 0.267 e. The highest BCUT2D eigenvalue weighted by atomic mass is 32.1. The molecule has 2 heterocycles. The van der Waals surface area contributed by atoms with Crippen molar-refractivity contribution in [2.45, 2.75) is 38.8 Å². The van der Waals surface area contributed by atoms with Crippen molar-refractivity contribution in [2.75, 3.05) is 16.0 Å². The van der Waals surface area contributed by atoms with Gasteiger partial charge in [-0.15, -0.1) is 11.3 Å². The number of hydrogen-bond donors (Lipinski definition) is 3. The molecule has 1 fully saturated rings.